The van der Waals surface area contributed by atoms with Crippen LogP contribution in [0.5, 0.6) is 0 Å². The molecule has 1 aromatic rings. The van der Waals surface area contributed by atoms with Crippen molar-refractivity contribution in [2.24, 2.45) is 4.99 Å². The van der Waals surface area contributed by atoms with E-state index in [1.165, 1.54) is 12.8 Å². The minimum absolute atomic E-state index is 0.0423. The number of allylic oxidation sites excluding steroid dienone is 1. The summed E-state index contributed by atoms with van der Waals surface area (Å²) in [5.41, 5.74) is 0.0423. The van der Waals surface area contributed by atoms with Gasteiger partial charge in [-0.25, -0.2) is 9.48 Å². The molecule has 2 heterocycles. The van der Waals surface area contributed by atoms with E-state index >= 15 is 0 Å². The van der Waals surface area contributed by atoms with Gasteiger partial charge in [-0.3, -0.25) is 9.56 Å². The summed E-state index contributed by atoms with van der Waals surface area (Å²) in [6.07, 6.45) is 10.6. The molecule has 146 valence electrons. The zero-order valence-corrected chi connectivity index (χ0v) is 16.4. The number of aryl methyl sites for hydroxylation is 2. The van der Waals surface area contributed by atoms with Crippen LogP contribution in [-0.2, 0) is 19.5 Å². The molecular formula is C19H34N6O. The van der Waals surface area contributed by atoms with Gasteiger partial charge in [-0.15, -0.1) is 6.58 Å². The lowest BCUT2D eigenvalue weighted by atomic mass is 10.2. The normalized spacial score (nSPS) is 14.2. The van der Waals surface area contributed by atoms with Gasteiger partial charge in [-0.1, -0.05) is 12.5 Å². The Bertz CT molecular complexity index is 645. The van der Waals surface area contributed by atoms with E-state index in [1.54, 1.807) is 4.68 Å². The van der Waals surface area contributed by atoms with Crippen LogP contribution in [-0.4, -0.2) is 52.4 Å². The van der Waals surface area contributed by atoms with Crippen molar-refractivity contribution in [3.8, 4) is 0 Å². The summed E-state index contributed by atoms with van der Waals surface area (Å²) >= 11 is 0. The van der Waals surface area contributed by atoms with E-state index in [0.717, 1.165) is 69.9 Å². The summed E-state index contributed by atoms with van der Waals surface area (Å²) in [7, 11) is 3.88. The van der Waals surface area contributed by atoms with E-state index in [2.05, 4.69) is 33.9 Å². The van der Waals surface area contributed by atoms with Crippen LogP contribution < -0.4 is 11.0 Å². The van der Waals surface area contributed by atoms with Crippen molar-refractivity contribution in [2.45, 2.75) is 64.5 Å². The molecule has 7 heteroatoms. The second-order valence-corrected chi connectivity index (χ2v) is 6.92. The largest absolute Gasteiger partial charge is 0.356 e. The van der Waals surface area contributed by atoms with Crippen LogP contribution in [0.2, 0.25) is 0 Å². The highest BCUT2D eigenvalue weighted by Gasteiger charge is 2.16. The number of unbranched alkanes of at least 4 members (excludes halogenated alkanes) is 3. The second-order valence-electron chi connectivity index (χ2n) is 6.92. The number of aliphatic imine (C=N–C) groups is 1. The third kappa shape index (κ3) is 5.75. The molecule has 0 fully saturated rings. The lowest BCUT2D eigenvalue weighted by Gasteiger charge is -2.22. The Morgan fingerprint density at radius 1 is 1.35 bits per heavy atom. The molecule has 1 aliphatic heterocycles. The molecule has 0 saturated heterocycles. The van der Waals surface area contributed by atoms with Gasteiger partial charge in [-0.2, -0.15) is 5.10 Å². The van der Waals surface area contributed by atoms with E-state index < -0.39 is 0 Å². The number of hydrogen-bond donors (Lipinski definition) is 1. The molecule has 0 amide bonds. The predicted molar refractivity (Wildman–Crippen MR) is 107 cm³/mol. The molecule has 0 atom stereocenters. The van der Waals surface area contributed by atoms with E-state index in [1.807, 2.05) is 17.7 Å². The molecule has 1 aliphatic rings. The van der Waals surface area contributed by atoms with Gasteiger partial charge in [0, 0.05) is 46.7 Å². The first-order valence-electron chi connectivity index (χ1n) is 9.86. The van der Waals surface area contributed by atoms with Gasteiger partial charge in [0.1, 0.15) is 5.82 Å². The first-order valence-corrected chi connectivity index (χ1v) is 9.86. The quantitative estimate of drug-likeness (QED) is 0.299. The first-order chi connectivity index (χ1) is 12.7. The van der Waals surface area contributed by atoms with Gasteiger partial charge in [0.25, 0.3) is 0 Å². The molecule has 1 N–H and O–H groups in total. The van der Waals surface area contributed by atoms with Crippen LogP contribution in [0.25, 0.3) is 0 Å². The van der Waals surface area contributed by atoms with Crippen LogP contribution in [0, 0.1) is 0 Å². The van der Waals surface area contributed by atoms with E-state index in [9.17, 15) is 4.79 Å². The standard InChI is InChI=1S/C19H34N6O/c1-4-5-6-7-9-14-23(3)18(20-2)21-13-11-16-25-19(26)24-15-10-8-12-17(24)22-25/h4H,1,5-16H2,2-3H3,(H,20,21). The predicted octanol–water partition coefficient (Wildman–Crippen LogP) is 2.02. The zero-order valence-electron chi connectivity index (χ0n) is 16.4. The Labute approximate surface area is 156 Å². The van der Waals surface area contributed by atoms with Gasteiger partial charge in [-0.05, 0) is 38.5 Å². The summed E-state index contributed by atoms with van der Waals surface area (Å²) in [6, 6.07) is 0. The summed E-state index contributed by atoms with van der Waals surface area (Å²) in [4.78, 5) is 18.8. The highest BCUT2D eigenvalue weighted by Crippen LogP contribution is 2.09. The minimum atomic E-state index is 0.0423. The maximum Gasteiger partial charge on any atom is 0.345 e. The molecule has 7 nitrogen and oxygen atoms in total. The summed E-state index contributed by atoms with van der Waals surface area (Å²) in [5, 5.41) is 7.86. The van der Waals surface area contributed by atoms with Crippen LogP contribution in [0.3, 0.4) is 0 Å². The highest BCUT2D eigenvalue weighted by atomic mass is 16.2. The smallest absolute Gasteiger partial charge is 0.345 e. The van der Waals surface area contributed by atoms with Gasteiger partial charge in [0.2, 0.25) is 0 Å². The molecule has 0 bridgehead atoms. The topological polar surface area (TPSA) is 67.5 Å². The molecule has 0 saturated carbocycles. The average Bonchev–Trinajstić information content (AvgIpc) is 2.97. The van der Waals surface area contributed by atoms with Crippen LogP contribution >= 0.6 is 0 Å². The summed E-state index contributed by atoms with van der Waals surface area (Å²) in [5.74, 6) is 1.85. The molecule has 0 spiro atoms. The molecule has 26 heavy (non-hydrogen) atoms. The number of fused-ring (bicyclic) bond motifs is 1. The SMILES string of the molecule is C=CCCCCCN(C)C(=NC)NCCCn1nc2n(c1=O)CCCC2. The highest BCUT2D eigenvalue weighted by molar-refractivity contribution is 5.79. The number of nitrogens with one attached hydrogen (secondary N) is 1. The monoisotopic (exact) mass is 362 g/mol. The molecular weight excluding hydrogens is 328 g/mol. The van der Waals surface area contributed by atoms with Gasteiger partial charge in [0.05, 0.1) is 0 Å². The third-order valence-corrected chi connectivity index (χ3v) is 4.84. The van der Waals surface area contributed by atoms with Crippen LogP contribution in [0.1, 0.15) is 50.8 Å². The van der Waals surface area contributed by atoms with Gasteiger partial charge in [0.15, 0.2) is 5.96 Å². The Kier molecular flexibility index (Phi) is 8.44. The number of hydrogen-bond acceptors (Lipinski definition) is 3. The zero-order chi connectivity index (χ0) is 18.8. The first kappa shape index (κ1) is 20.3. The van der Waals surface area contributed by atoms with Crippen LogP contribution in [0.15, 0.2) is 22.4 Å². The molecule has 0 radical (unpaired) electrons. The number of aromatic nitrogens is 3. The van der Waals surface area contributed by atoms with E-state index in [4.69, 9.17) is 0 Å². The van der Waals surface area contributed by atoms with E-state index in [0.29, 0.717) is 6.54 Å². The van der Waals surface area contributed by atoms with Crippen molar-refractivity contribution in [3.05, 3.63) is 29.0 Å². The number of guanidine groups is 1. The van der Waals surface area contributed by atoms with Crippen molar-refractivity contribution in [1.82, 2.24) is 24.6 Å². The van der Waals surface area contributed by atoms with Crippen molar-refractivity contribution in [1.29, 1.82) is 0 Å². The molecule has 0 aliphatic carbocycles. The fourth-order valence-corrected chi connectivity index (χ4v) is 3.33. The maximum absolute atomic E-state index is 12.3. The molecule has 0 aromatic carbocycles. The van der Waals surface area contributed by atoms with Crippen LogP contribution in [0.4, 0.5) is 0 Å². The molecule has 2 rings (SSSR count). The Morgan fingerprint density at radius 3 is 2.92 bits per heavy atom. The molecule has 0 unspecified atom stereocenters. The van der Waals surface area contributed by atoms with Gasteiger partial charge < -0.3 is 10.2 Å². The lowest BCUT2D eigenvalue weighted by molar-refractivity contribution is 0.451. The Morgan fingerprint density at radius 2 is 2.19 bits per heavy atom. The number of nitrogens with zero attached hydrogens (tertiary/aromatic N) is 5. The van der Waals surface area contributed by atoms with E-state index in [-0.39, 0.29) is 5.69 Å². The fourth-order valence-electron chi connectivity index (χ4n) is 3.33. The van der Waals surface area contributed by atoms with Crippen molar-refractivity contribution < 1.29 is 0 Å². The second kappa shape index (κ2) is 10.8. The van der Waals surface area contributed by atoms with Crippen molar-refractivity contribution >= 4 is 5.96 Å². The summed E-state index contributed by atoms with van der Waals surface area (Å²) in [6.45, 7) is 6.99. The number of rotatable bonds is 10. The van der Waals surface area contributed by atoms with Crippen molar-refractivity contribution in [2.75, 3.05) is 27.2 Å². The fraction of sp³-hybridized carbons (Fsp3) is 0.737. The lowest BCUT2D eigenvalue weighted by Crippen LogP contribution is -2.40. The minimum Gasteiger partial charge on any atom is -0.356 e. The van der Waals surface area contributed by atoms with Gasteiger partial charge >= 0.3 is 5.69 Å². The average molecular weight is 363 g/mol. The molecule has 1 aromatic heterocycles. The Balaban J connectivity index is 1.70. The summed E-state index contributed by atoms with van der Waals surface area (Å²) < 4.78 is 3.45. The third-order valence-electron chi connectivity index (χ3n) is 4.84. The Hall–Kier alpha value is -2.05. The maximum atomic E-state index is 12.3. The van der Waals surface area contributed by atoms with Crippen molar-refractivity contribution in [3.63, 3.8) is 0 Å².